The standard InChI is InChI=1S/C20H21B3S/c21-19(16-10-4-1-5-11-16)20(22)24-23(17-12-6-2-7-13-17)18-14-8-3-9-15-18/h1-15,19-20H,21-22H2. The lowest BCUT2D eigenvalue weighted by atomic mass is 9.62. The van der Waals surface area contributed by atoms with Gasteiger partial charge in [-0.1, -0.05) is 107 Å². The highest BCUT2D eigenvalue weighted by Gasteiger charge is 2.25. The maximum absolute atomic E-state index is 2.35. The minimum atomic E-state index is 0.369. The van der Waals surface area contributed by atoms with Gasteiger partial charge in [0.2, 0.25) is 0 Å². The molecule has 0 nitrogen and oxygen atoms in total. The van der Waals surface area contributed by atoms with E-state index in [9.17, 15) is 0 Å². The van der Waals surface area contributed by atoms with E-state index < -0.39 is 0 Å². The van der Waals surface area contributed by atoms with Gasteiger partial charge in [0.1, 0.15) is 15.7 Å². The molecule has 0 aliphatic carbocycles. The Morgan fingerprint density at radius 3 is 1.50 bits per heavy atom. The van der Waals surface area contributed by atoms with Gasteiger partial charge < -0.3 is 0 Å². The van der Waals surface area contributed by atoms with E-state index >= 15 is 0 Å². The lowest BCUT2D eigenvalue weighted by Crippen LogP contribution is -2.41. The minimum absolute atomic E-state index is 0.369. The van der Waals surface area contributed by atoms with Crippen LogP contribution in [0, 0.1) is 0 Å². The average Bonchev–Trinajstić information content (AvgIpc) is 2.67. The summed E-state index contributed by atoms with van der Waals surface area (Å²) in [6, 6.07) is 32.5. The second-order valence-corrected chi connectivity index (χ2v) is 7.73. The monoisotopic (exact) mass is 326 g/mol. The molecule has 0 bridgehead atoms. The van der Waals surface area contributed by atoms with Crippen LogP contribution in [0.15, 0.2) is 91.0 Å². The highest BCUT2D eigenvalue weighted by atomic mass is 32.2. The molecule has 0 saturated carbocycles. The number of benzene rings is 3. The fraction of sp³-hybridized carbons (Fsp3) is 0.100. The molecule has 0 amide bonds. The fourth-order valence-electron chi connectivity index (χ4n) is 2.97. The molecule has 0 heterocycles. The Hall–Kier alpha value is -1.80. The van der Waals surface area contributed by atoms with Gasteiger partial charge in [0.15, 0.2) is 0 Å². The molecule has 0 fully saturated rings. The second-order valence-electron chi connectivity index (χ2n) is 6.24. The van der Waals surface area contributed by atoms with Crippen molar-refractivity contribution in [3.63, 3.8) is 0 Å². The van der Waals surface area contributed by atoms with E-state index in [0.717, 1.165) is 0 Å². The summed E-state index contributed by atoms with van der Waals surface area (Å²) in [5, 5.41) is 0.526. The number of rotatable bonds is 6. The molecular formula is C20H21B3S. The number of hydrogen-bond acceptors (Lipinski definition) is 1. The third-order valence-electron chi connectivity index (χ3n) is 4.58. The van der Waals surface area contributed by atoms with Crippen molar-refractivity contribution in [3.05, 3.63) is 96.6 Å². The summed E-state index contributed by atoms with van der Waals surface area (Å²) in [5.74, 6) is 0.889. The van der Waals surface area contributed by atoms with Crippen LogP contribution < -0.4 is 10.9 Å². The van der Waals surface area contributed by atoms with Crippen molar-refractivity contribution >= 4 is 44.2 Å². The molecule has 0 saturated heterocycles. The van der Waals surface area contributed by atoms with Crippen LogP contribution in [0.1, 0.15) is 11.4 Å². The lowest BCUT2D eigenvalue weighted by molar-refractivity contribution is 1.05. The van der Waals surface area contributed by atoms with Gasteiger partial charge in [-0.05, 0) is 11.0 Å². The van der Waals surface area contributed by atoms with Crippen LogP contribution in [-0.2, 0) is 0 Å². The van der Waals surface area contributed by atoms with Crippen LogP contribution in [-0.4, -0.2) is 26.8 Å². The molecule has 0 aliphatic heterocycles. The van der Waals surface area contributed by atoms with E-state index in [2.05, 4.69) is 118 Å². The summed E-state index contributed by atoms with van der Waals surface area (Å²) in [7, 11) is 4.68. The summed E-state index contributed by atoms with van der Waals surface area (Å²) in [4.78, 5) is 0. The van der Waals surface area contributed by atoms with E-state index in [-0.39, 0.29) is 0 Å². The smallest absolute Gasteiger partial charge is 0.203 e. The summed E-state index contributed by atoms with van der Waals surface area (Å²) < 4.78 is 0. The summed E-state index contributed by atoms with van der Waals surface area (Å²) >= 11 is 2.05. The van der Waals surface area contributed by atoms with Crippen molar-refractivity contribution in [1.82, 2.24) is 0 Å². The van der Waals surface area contributed by atoms with E-state index in [0.29, 0.717) is 17.0 Å². The first-order valence-corrected chi connectivity index (χ1v) is 9.50. The Kier molecular flexibility index (Phi) is 5.93. The molecule has 24 heavy (non-hydrogen) atoms. The molecule has 116 valence electrons. The van der Waals surface area contributed by atoms with E-state index in [1.54, 1.807) is 0 Å². The van der Waals surface area contributed by atoms with Gasteiger partial charge in [0.25, 0.3) is 5.99 Å². The lowest BCUT2D eigenvalue weighted by Gasteiger charge is -2.25. The normalized spacial score (nSPS) is 13.2. The first-order chi connectivity index (χ1) is 11.8. The van der Waals surface area contributed by atoms with Crippen LogP contribution in [0.5, 0.6) is 0 Å². The average molecular weight is 326 g/mol. The Bertz CT molecular complexity index is 695. The Morgan fingerprint density at radius 1 is 0.625 bits per heavy atom. The van der Waals surface area contributed by atoms with E-state index in [4.69, 9.17) is 0 Å². The van der Waals surface area contributed by atoms with Crippen molar-refractivity contribution < 1.29 is 0 Å². The van der Waals surface area contributed by atoms with E-state index in [1.165, 1.54) is 16.5 Å². The Labute approximate surface area is 151 Å². The summed E-state index contributed by atoms with van der Waals surface area (Å²) in [6.45, 7) is 0. The van der Waals surface area contributed by atoms with Crippen LogP contribution in [0.2, 0.25) is 0 Å². The molecule has 0 aliphatic rings. The van der Waals surface area contributed by atoms with Crippen LogP contribution in [0.3, 0.4) is 0 Å². The summed E-state index contributed by atoms with van der Waals surface area (Å²) in [6.07, 6.45) is 0. The zero-order valence-corrected chi connectivity index (χ0v) is 15.1. The van der Waals surface area contributed by atoms with Gasteiger partial charge in [0, 0.05) is 0 Å². The Balaban J connectivity index is 1.84. The fourth-order valence-corrected chi connectivity index (χ4v) is 4.42. The topological polar surface area (TPSA) is 0 Å². The molecule has 2 unspecified atom stereocenters. The predicted molar refractivity (Wildman–Crippen MR) is 116 cm³/mol. The van der Waals surface area contributed by atoms with Crippen LogP contribution >= 0.6 is 11.6 Å². The maximum Gasteiger partial charge on any atom is 0.273 e. The molecule has 3 rings (SSSR count). The number of hydrogen-bond donors (Lipinski definition) is 0. The molecule has 0 radical (unpaired) electrons. The molecule has 0 N–H and O–H groups in total. The van der Waals surface area contributed by atoms with Crippen molar-refractivity contribution in [2.75, 3.05) is 0 Å². The highest BCUT2D eigenvalue weighted by molar-refractivity contribution is 8.29. The molecule has 0 spiro atoms. The third kappa shape index (κ3) is 4.18. The molecular weight excluding hydrogens is 305 g/mol. The van der Waals surface area contributed by atoms with Gasteiger partial charge >= 0.3 is 0 Å². The summed E-state index contributed by atoms with van der Waals surface area (Å²) in [5.41, 5.74) is 4.17. The van der Waals surface area contributed by atoms with Crippen molar-refractivity contribution in [1.29, 1.82) is 0 Å². The first-order valence-electron chi connectivity index (χ1n) is 8.56. The predicted octanol–water partition coefficient (Wildman–Crippen LogP) is 1.86. The van der Waals surface area contributed by atoms with Gasteiger partial charge in [-0.15, -0.1) is 0 Å². The quantitative estimate of drug-likeness (QED) is 0.623. The van der Waals surface area contributed by atoms with Crippen LogP contribution in [0.4, 0.5) is 0 Å². The van der Waals surface area contributed by atoms with Crippen molar-refractivity contribution in [2.24, 2.45) is 0 Å². The van der Waals surface area contributed by atoms with Gasteiger partial charge in [-0.25, -0.2) is 11.6 Å². The second kappa shape index (κ2) is 8.35. The zero-order valence-electron chi connectivity index (χ0n) is 14.3. The van der Waals surface area contributed by atoms with Gasteiger partial charge in [0.05, 0.1) is 0 Å². The Morgan fingerprint density at radius 2 is 1.04 bits per heavy atom. The molecule has 0 aromatic heterocycles. The zero-order chi connectivity index (χ0) is 16.8. The molecule has 4 heteroatoms. The molecule has 2 atom stereocenters. The molecule has 3 aromatic carbocycles. The van der Waals surface area contributed by atoms with Crippen molar-refractivity contribution in [3.8, 4) is 0 Å². The maximum atomic E-state index is 2.35. The SMILES string of the molecule is BC(SB(c1ccccc1)c1ccccc1)C(B)c1ccccc1. The third-order valence-corrected chi connectivity index (χ3v) is 6.24. The highest BCUT2D eigenvalue weighted by Crippen LogP contribution is 2.25. The van der Waals surface area contributed by atoms with Gasteiger partial charge in [-0.2, -0.15) is 0 Å². The van der Waals surface area contributed by atoms with Crippen molar-refractivity contribution in [2.45, 2.75) is 11.0 Å². The minimum Gasteiger partial charge on any atom is -0.203 e. The van der Waals surface area contributed by atoms with Gasteiger partial charge in [-0.3, -0.25) is 0 Å². The molecule has 3 aromatic rings. The van der Waals surface area contributed by atoms with Crippen LogP contribution in [0.25, 0.3) is 0 Å². The first kappa shape index (κ1) is 17.0. The largest absolute Gasteiger partial charge is 0.273 e. The van der Waals surface area contributed by atoms with E-state index in [1.807, 2.05) is 0 Å².